The number of esters is 1. The maximum Gasteiger partial charge on any atom is 0.310 e. The van der Waals surface area contributed by atoms with E-state index in [4.69, 9.17) is 4.74 Å². The third-order valence-electron chi connectivity index (χ3n) is 3.05. The molecule has 0 fully saturated rings. The highest BCUT2D eigenvalue weighted by Gasteiger charge is 2.15. The van der Waals surface area contributed by atoms with Crippen LogP contribution in [0.3, 0.4) is 0 Å². The molecule has 1 N–H and O–H groups in total. The molecule has 21 heavy (non-hydrogen) atoms. The first-order chi connectivity index (χ1) is 10.0. The van der Waals surface area contributed by atoms with Crippen LogP contribution >= 0.6 is 0 Å². The van der Waals surface area contributed by atoms with Gasteiger partial charge in [-0.1, -0.05) is 6.92 Å². The SMILES string of the molecule is CCOC(=O)C(C)CNc1ccnc2c(F)cc(F)cc12. The van der Waals surface area contributed by atoms with Gasteiger partial charge in [0.2, 0.25) is 0 Å². The highest BCUT2D eigenvalue weighted by molar-refractivity contribution is 5.91. The summed E-state index contributed by atoms with van der Waals surface area (Å²) in [5.41, 5.74) is 0.611. The van der Waals surface area contributed by atoms with E-state index in [0.29, 0.717) is 24.2 Å². The van der Waals surface area contributed by atoms with Gasteiger partial charge in [0.25, 0.3) is 0 Å². The number of rotatable bonds is 5. The minimum absolute atomic E-state index is 0.0881. The van der Waals surface area contributed by atoms with E-state index >= 15 is 0 Å². The Bertz CT molecular complexity index is 661. The van der Waals surface area contributed by atoms with Gasteiger partial charge in [0.1, 0.15) is 11.3 Å². The van der Waals surface area contributed by atoms with Gasteiger partial charge in [-0.2, -0.15) is 0 Å². The lowest BCUT2D eigenvalue weighted by molar-refractivity contribution is -0.146. The van der Waals surface area contributed by atoms with Crippen molar-refractivity contribution in [2.24, 2.45) is 5.92 Å². The van der Waals surface area contributed by atoms with Gasteiger partial charge < -0.3 is 10.1 Å². The monoisotopic (exact) mass is 294 g/mol. The summed E-state index contributed by atoms with van der Waals surface area (Å²) in [6.07, 6.45) is 1.43. The van der Waals surface area contributed by atoms with Crippen molar-refractivity contribution in [1.29, 1.82) is 0 Å². The maximum atomic E-state index is 13.7. The fraction of sp³-hybridized carbons (Fsp3) is 0.333. The Hall–Kier alpha value is -2.24. The third kappa shape index (κ3) is 3.45. The number of ether oxygens (including phenoxy) is 1. The summed E-state index contributed by atoms with van der Waals surface area (Å²) < 4.78 is 31.9. The van der Waals surface area contributed by atoms with Crippen LogP contribution in [-0.4, -0.2) is 24.1 Å². The first-order valence-corrected chi connectivity index (χ1v) is 6.67. The molecular formula is C15H16F2N2O2. The molecule has 0 aliphatic carbocycles. The normalized spacial score (nSPS) is 12.2. The number of carbonyl (C=O) groups is 1. The first kappa shape index (κ1) is 15.2. The van der Waals surface area contributed by atoms with Crippen molar-refractivity contribution in [2.45, 2.75) is 13.8 Å². The van der Waals surface area contributed by atoms with Crippen molar-refractivity contribution in [3.05, 3.63) is 36.0 Å². The molecule has 1 atom stereocenters. The molecule has 0 saturated heterocycles. The Labute approximate surface area is 121 Å². The second-order valence-corrected chi connectivity index (χ2v) is 4.68. The third-order valence-corrected chi connectivity index (χ3v) is 3.05. The van der Waals surface area contributed by atoms with E-state index in [1.807, 2.05) is 0 Å². The molecule has 4 nitrogen and oxygen atoms in total. The number of aromatic nitrogens is 1. The summed E-state index contributed by atoms with van der Waals surface area (Å²) in [5.74, 6) is -2.08. The number of fused-ring (bicyclic) bond motifs is 1. The summed E-state index contributed by atoms with van der Waals surface area (Å²) in [6.45, 7) is 4.07. The Balaban J connectivity index is 2.21. The van der Waals surface area contributed by atoms with Crippen LogP contribution in [0.15, 0.2) is 24.4 Å². The maximum absolute atomic E-state index is 13.7. The molecule has 1 unspecified atom stereocenters. The minimum atomic E-state index is -0.716. The second kappa shape index (κ2) is 6.47. The van der Waals surface area contributed by atoms with Gasteiger partial charge in [-0.3, -0.25) is 9.78 Å². The van der Waals surface area contributed by atoms with Gasteiger partial charge >= 0.3 is 5.97 Å². The van der Waals surface area contributed by atoms with Crippen molar-refractivity contribution in [3.8, 4) is 0 Å². The van der Waals surface area contributed by atoms with E-state index in [1.54, 1.807) is 19.9 Å². The Morgan fingerprint density at radius 1 is 1.43 bits per heavy atom. The Kier molecular flexibility index (Phi) is 4.67. The number of anilines is 1. The number of hydrogen-bond acceptors (Lipinski definition) is 4. The van der Waals surface area contributed by atoms with E-state index < -0.39 is 11.6 Å². The van der Waals surface area contributed by atoms with Crippen LogP contribution in [0.5, 0.6) is 0 Å². The van der Waals surface area contributed by atoms with Gasteiger partial charge in [-0.05, 0) is 19.1 Å². The lowest BCUT2D eigenvalue weighted by Crippen LogP contribution is -2.22. The van der Waals surface area contributed by atoms with Crippen molar-refractivity contribution < 1.29 is 18.3 Å². The van der Waals surface area contributed by atoms with Crippen LogP contribution in [0.4, 0.5) is 14.5 Å². The fourth-order valence-electron chi connectivity index (χ4n) is 1.96. The highest BCUT2D eigenvalue weighted by Crippen LogP contribution is 2.25. The van der Waals surface area contributed by atoms with Crippen molar-refractivity contribution in [1.82, 2.24) is 4.98 Å². The number of carbonyl (C=O) groups excluding carboxylic acids is 1. The van der Waals surface area contributed by atoms with Crippen LogP contribution < -0.4 is 5.32 Å². The molecule has 0 bridgehead atoms. The lowest BCUT2D eigenvalue weighted by Gasteiger charge is -2.14. The Morgan fingerprint density at radius 3 is 2.90 bits per heavy atom. The lowest BCUT2D eigenvalue weighted by atomic mass is 10.1. The molecule has 0 amide bonds. The van der Waals surface area contributed by atoms with Crippen LogP contribution in [0.1, 0.15) is 13.8 Å². The Morgan fingerprint density at radius 2 is 2.19 bits per heavy atom. The van der Waals surface area contributed by atoms with Gasteiger partial charge in [0.05, 0.1) is 12.5 Å². The van der Waals surface area contributed by atoms with E-state index in [1.165, 1.54) is 12.3 Å². The zero-order chi connectivity index (χ0) is 15.4. The van der Waals surface area contributed by atoms with Gasteiger partial charge in [-0.15, -0.1) is 0 Å². The summed E-state index contributed by atoms with van der Waals surface area (Å²) in [4.78, 5) is 15.4. The summed E-state index contributed by atoms with van der Waals surface area (Å²) in [5, 5.41) is 3.35. The van der Waals surface area contributed by atoms with Gasteiger partial charge in [0, 0.05) is 29.9 Å². The summed E-state index contributed by atoms with van der Waals surface area (Å²) in [7, 11) is 0. The number of nitrogens with zero attached hydrogens (tertiary/aromatic N) is 1. The molecule has 0 aliphatic rings. The number of hydrogen-bond donors (Lipinski definition) is 1. The average molecular weight is 294 g/mol. The van der Waals surface area contributed by atoms with Gasteiger partial charge in [-0.25, -0.2) is 8.78 Å². The van der Waals surface area contributed by atoms with E-state index in [0.717, 1.165) is 6.07 Å². The van der Waals surface area contributed by atoms with Crippen molar-refractivity contribution in [3.63, 3.8) is 0 Å². The number of benzene rings is 1. The van der Waals surface area contributed by atoms with E-state index in [9.17, 15) is 13.6 Å². The standard InChI is InChI=1S/C15H16F2N2O2/c1-3-21-15(20)9(2)8-19-13-4-5-18-14-11(13)6-10(16)7-12(14)17/h4-7,9H,3,8H2,1-2H3,(H,18,19). The average Bonchev–Trinajstić information content (AvgIpc) is 2.45. The zero-order valence-corrected chi connectivity index (χ0v) is 11.8. The molecule has 6 heteroatoms. The molecule has 0 radical (unpaired) electrons. The number of halogens is 2. The summed E-state index contributed by atoms with van der Waals surface area (Å²) >= 11 is 0. The van der Waals surface area contributed by atoms with E-state index in [-0.39, 0.29) is 17.4 Å². The van der Waals surface area contributed by atoms with Crippen LogP contribution in [0, 0.1) is 17.6 Å². The molecule has 1 heterocycles. The molecule has 0 saturated carbocycles. The minimum Gasteiger partial charge on any atom is -0.466 e. The zero-order valence-electron chi connectivity index (χ0n) is 11.8. The molecule has 0 aliphatic heterocycles. The van der Waals surface area contributed by atoms with Crippen molar-refractivity contribution in [2.75, 3.05) is 18.5 Å². The highest BCUT2D eigenvalue weighted by atomic mass is 19.1. The second-order valence-electron chi connectivity index (χ2n) is 4.68. The first-order valence-electron chi connectivity index (χ1n) is 6.67. The fourth-order valence-corrected chi connectivity index (χ4v) is 1.96. The van der Waals surface area contributed by atoms with Crippen LogP contribution in [-0.2, 0) is 9.53 Å². The van der Waals surface area contributed by atoms with Gasteiger partial charge in [0.15, 0.2) is 5.82 Å². The predicted octanol–water partition coefficient (Wildman–Crippen LogP) is 3.12. The van der Waals surface area contributed by atoms with Crippen LogP contribution in [0.25, 0.3) is 10.9 Å². The number of nitrogens with one attached hydrogen (secondary N) is 1. The number of pyridine rings is 1. The quantitative estimate of drug-likeness (QED) is 0.861. The molecule has 0 spiro atoms. The summed E-state index contributed by atoms with van der Waals surface area (Å²) in [6, 6.07) is 3.61. The smallest absolute Gasteiger partial charge is 0.310 e. The molecule has 2 aromatic rings. The molecule has 1 aromatic carbocycles. The topological polar surface area (TPSA) is 51.2 Å². The van der Waals surface area contributed by atoms with Crippen LogP contribution in [0.2, 0.25) is 0 Å². The predicted molar refractivity (Wildman–Crippen MR) is 75.9 cm³/mol. The van der Waals surface area contributed by atoms with Crippen molar-refractivity contribution >= 4 is 22.6 Å². The molecule has 1 aromatic heterocycles. The molecular weight excluding hydrogens is 278 g/mol. The molecule has 112 valence electrons. The van der Waals surface area contributed by atoms with E-state index in [2.05, 4.69) is 10.3 Å². The molecule has 2 rings (SSSR count). The largest absolute Gasteiger partial charge is 0.466 e.